The van der Waals surface area contributed by atoms with Crippen LogP contribution in [0.15, 0.2) is 91.1 Å². The normalized spacial score (nSPS) is 18.2. The summed E-state index contributed by atoms with van der Waals surface area (Å²) < 4.78 is 105. The number of fused-ring (bicyclic) bond motifs is 2. The zero-order valence-corrected chi connectivity index (χ0v) is 22.3. The van der Waals surface area contributed by atoms with Gasteiger partial charge in [-0.25, -0.2) is 4.57 Å². The maximum absolute atomic E-state index is 8.57. The standard InChI is InChI=1S/C36H36B2N/c1-23-20-21-39(7)33(22-23)29-18-19-32-36(28(29)6)38(35-26(4)14-11-15-27(35)5)31-17-9-8-16-30(31)37(32)34-24(2)12-10-13-25(34)3/h8-22H,1-7H3/q+1/i2D3,3D3,4D3,5D3. The van der Waals surface area contributed by atoms with Crippen molar-refractivity contribution in [3.8, 4) is 11.3 Å². The molecule has 0 fully saturated rings. The highest BCUT2D eigenvalue weighted by Gasteiger charge is 2.41. The third kappa shape index (κ3) is 4.07. The third-order valence-electron chi connectivity index (χ3n) is 8.14. The lowest BCUT2D eigenvalue weighted by molar-refractivity contribution is -0.660. The Hall–Kier alpha value is -3.84. The van der Waals surface area contributed by atoms with E-state index >= 15 is 0 Å². The first-order valence-corrected chi connectivity index (χ1v) is 13.1. The molecule has 0 amide bonds. The molecule has 0 unspecified atom stereocenters. The lowest BCUT2D eigenvalue weighted by Crippen LogP contribution is -2.76. The SMILES string of the molecule is [2H]C([2H])([2H])c1cccc(C([2H])([2H])[2H])c1B1c2ccccc2B(c2c(C([2H])([2H])[2H])cccc2C([2H])([2H])[2H])c2c1ccc(-c1cc(C)cc[n+]1C)c2C. The van der Waals surface area contributed by atoms with Crippen molar-refractivity contribution < 1.29 is 21.0 Å². The molecule has 1 aromatic heterocycles. The van der Waals surface area contributed by atoms with Crippen LogP contribution >= 0.6 is 0 Å². The van der Waals surface area contributed by atoms with E-state index < -0.39 is 40.8 Å². The number of benzene rings is 4. The number of aromatic nitrogens is 1. The van der Waals surface area contributed by atoms with E-state index in [0.717, 1.165) is 22.4 Å². The van der Waals surface area contributed by atoms with Crippen LogP contribution in [0, 0.1) is 41.3 Å². The summed E-state index contributed by atoms with van der Waals surface area (Å²) >= 11 is 0. The zero-order valence-electron chi connectivity index (χ0n) is 34.3. The summed E-state index contributed by atoms with van der Waals surface area (Å²) in [6.07, 6.45) is 1.94. The largest absolute Gasteiger partial charge is 0.241 e. The third-order valence-corrected chi connectivity index (χ3v) is 8.14. The second kappa shape index (κ2) is 9.72. The van der Waals surface area contributed by atoms with Crippen LogP contribution in [-0.4, -0.2) is 13.4 Å². The van der Waals surface area contributed by atoms with Crippen molar-refractivity contribution in [2.75, 3.05) is 0 Å². The highest BCUT2D eigenvalue weighted by atomic mass is 14.9. The molecule has 6 rings (SSSR count). The fourth-order valence-electron chi connectivity index (χ4n) is 6.33. The molecule has 3 heteroatoms. The summed E-state index contributed by atoms with van der Waals surface area (Å²) in [7, 11) is 1.91. The molecule has 5 aromatic rings. The van der Waals surface area contributed by atoms with Gasteiger partial charge in [-0.1, -0.05) is 122 Å². The van der Waals surface area contributed by atoms with Crippen LogP contribution in [0.2, 0.25) is 0 Å². The molecule has 2 heterocycles. The Labute approximate surface area is 251 Å². The maximum atomic E-state index is 8.57. The second-order valence-corrected chi connectivity index (χ2v) is 10.5. The monoisotopic (exact) mass is 516 g/mol. The molecule has 39 heavy (non-hydrogen) atoms. The fraction of sp³-hybridized carbons (Fsp3) is 0.194. The number of hydrogen-bond donors (Lipinski definition) is 0. The Balaban J connectivity index is 1.85. The molecule has 1 nitrogen and oxygen atoms in total. The Morgan fingerprint density at radius 3 is 1.74 bits per heavy atom. The van der Waals surface area contributed by atoms with Crippen LogP contribution in [0.1, 0.15) is 49.8 Å². The summed E-state index contributed by atoms with van der Waals surface area (Å²) in [5, 5.41) is 0. The lowest BCUT2D eigenvalue weighted by atomic mass is 9.20. The molecule has 4 aromatic carbocycles. The number of nitrogens with zero attached hydrogens (tertiary/aromatic N) is 1. The van der Waals surface area contributed by atoms with Crippen molar-refractivity contribution in [2.24, 2.45) is 7.05 Å². The lowest BCUT2D eigenvalue weighted by Gasteiger charge is -2.36. The van der Waals surface area contributed by atoms with E-state index in [4.69, 9.17) is 16.4 Å². The summed E-state index contributed by atoms with van der Waals surface area (Å²) in [5.41, 5.74) is 5.61. The number of hydrogen-bond acceptors (Lipinski definition) is 0. The van der Waals surface area contributed by atoms with E-state index in [9.17, 15) is 0 Å². The first-order valence-electron chi connectivity index (χ1n) is 19.1. The first-order chi connectivity index (χ1) is 23.6. The maximum Gasteiger partial charge on any atom is 0.241 e. The van der Waals surface area contributed by atoms with Gasteiger partial charge in [0.15, 0.2) is 6.20 Å². The highest BCUT2D eigenvalue weighted by Crippen LogP contribution is 2.21. The molecule has 0 saturated carbocycles. The van der Waals surface area contributed by atoms with Gasteiger partial charge in [0.1, 0.15) is 7.05 Å². The fourth-order valence-corrected chi connectivity index (χ4v) is 6.33. The van der Waals surface area contributed by atoms with Gasteiger partial charge >= 0.3 is 0 Å². The van der Waals surface area contributed by atoms with Gasteiger partial charge in [-0.3, -0.25) is 0 Å². The summed E-state index contributed by atoms with van der Waals surface area (Å²) in [6.45, 7) is -8.63. The van der Waals surface area contributed by atoms with Crippen molar-refractivity contribution >= 4 is 46.2 Å². The minimum Gasteiger partial charge on any atom is -0.201 e. The van der Waals surface area contributed by atoms with Crippen LogP contribution in [0.5, 0.6) is 0 Å². The molecule has 1 aliphatic heterocycles. The minimum absolute atomic E-state index is 0.0989. The van der Waals surface area contributed by atoms with Crippen molar-refractivity contribution in [2.45, 2.75) is 41.3 Å². The molecule has 0 N–H and O–H groups in total. The Kier molecular flexibility index (Phi) is 3.76. The average Bonchev–Trinajstić information content (AvgIpc) is 3.03. The molecule has 1 aliphatic rings. The van der Waals surface area contributed by atoms with Crippen LogP contribution in [0.4, 0.5) is 0 Å². The van der Waals surface area contributed by atoms with Crippen molar-refractivity contribution in [1.82, 2.24) is 0 Å². The molecule has 190 valence electrons. The predicted octanol–water partition coefficient (Wildman–Crippen LogP) is 3.37. The van der Waals surface area contributed by atoms with Gasteiger partial charge in [0.25, 0.3) is 0 Å². The molecule has 0 bridgehead atoms. The van der Waals surface area contributed by atoms with Gasteiger partial charge in [-0.05, 0) is 58.4 Å². The second-order valence-electron chi connectivity index (χ2n) is 10.5. The molecule has 0 atom stereocenters. The number of rotatable bonds is 3. The number of aryl methyl sites for hydroxylation is 6. The Bertz CT molecular complexity index is 2100. The Morgan fingerprint density at radius 2 is 1.15 bits per heavy atom. The average molecular weight is 516 g/mol. The first kappa shape index (κ1) is 15.1. The van der Waals surface area contributed by atoms with E-state index in [1.807, 2.05) is 55.9 Å². The zero-order chi connectivity index (χ0) is 37.4. The van der Waals surface area contributed by atoms with E-state index in [0.29, 0.717) is 21.9 Å². The van der Waals surface area contributed by atoms with Gasteiger partial charge < -0.3 is 0 Å². The summed E-state index contributed by atoms with van der Waals surface area (Å²) in [6, 6.07) is 23.6. The number of pyridine rings is 1. The minimum atomic E-state index is -2.68. The van der Waals surface area contributed by atoms with Crippen LogP contribution in [-0.2, 0) is 7.05 Å². The van der Waals surface area contributed by atoms with Crippen LogP contribution in [0.3, 0.4) is 0 Å². The van der Waals surface area contributed by atoms with E-state index in [-0.39, 0.29) is 33.2 Å². The summed E-state index contributed by atoms with van der Waals surface area (Å²) in [4.78, 5) is 0. The molecule has 0 aliphatic carbocycles. The van der Waals surface area contributed by atoms with E-state index in [1.54, 1.807) is 24.3 Å². The smallest absolute Gasteiger partial charge is 0.201 e. The molecular weight excluding hydrogens is 468 g/mol. The van der Waals surface area contributed by atoms with Crippen LogP contribution < -0.4 is 37.3 Å². The van der Waals surface area contributed by atoms with Gasteiger partial charge in [-0.15, -0.1) is 0 Å². The molecule has 0 radical (unpaired) electrons. The van der Waals surface area contributed by atoms with Crippen molar-refractivity contribution in [3.63, 3.8) is 0 Å². The quantitative estimate of drug-likeness (QED) is 0.251. The van der Waals surface area contributed by atoms with Gasteiger partial charge in [0.2, 0.25) is 19.1 Å². The Morgan fingerprint density at radius 1 is 0.590 bits per heavy atom. The van der Waals surface area contributed by atoms with Crippen molar-refractivity contribution in [3.05, 3.63) is 125 Å². The van der Waals surface area contributed by atoms with Crippen LogP contribution in [0.25, 0.3) is 11.3 Å². The summed E-state index contributed by atoms with van der Waals surface area (Å²) in [5.74, 6) is 0. The van der Waals surface area contributed by atoms with Gasteiger partial charge in [0.05, 0.1) is 0 Å². The highest BCUT2D eigenvalue weighted by molar-refractivity contribution is 7.11. The van der Waals surface area contributed by atoms with E-state index in [2.05, 4.69) is 0 Å². The topological polar surface area (TPSA) is 3.88 Å². The molecule has 0 saturated heterocycles. The molecule has 0 spiro atoms. The predicted molar refractivity (Wildman–Crippen MR) is 170 cm³/mol. The van der Waals surface area contributed by atoms with Crippen molar-refractivity contribution in [1.29, 1.82) is 0 Å². The van der Waals surface area contributed by atoms with E-state index in [1.165, 1.54) is 36.4 Å². The van der Waals surface area contributed by atoms with Gasteiger partial charge in [-0.2, -0.15) is 0 Å². The van der Waals surface area contributed by atoms with Gasteiger partial charge in [0, 0.05) is 34.1 Å². The molecular formula is C36H36B2N+.